The minimum Gasteiger partial charge on any atom is -0.507 e. The molecule has 7 heteroatoms. The van der Waals surface area contributed by atoms with Crippen molar-refractivity contribution in [3.8, 4) is 5.75 Å². The lowest BCUT2D eigenvalue weighted by Crippen LogP contribution is -2.77. The Bertz CT molecular complexity index is 1480. The van der Waals surface area contributed by atoms with Gasteiger partial charge in [0.2, 0.25) is 5.91 Å². The smallest absolute Gasteiger partial charge is 0.224 e. The first-order valence-electron chi connectivity index (χ1n) is 14.5. The molecule has 3 heterocycles. The summed E-state index contributed by atoms with van der Waals surface area (Å²) in [6.07, 6.45) is 4.65. The van der Waals surface area contributed by atoms with Gasteiger partial charge in [0.25, 0.3) is 0 Å². The molecule has 40 heavy (non-hydrogen) atoms. The van der Waals surface area contributed by atoms with E-state index in [1.807, 2.05) is 47.6 Å². The number of Topliss-reactive ketones (excluding diaryl/α,β-unsaturated/α-hetero) is 3. The number of aryl methyl sites for hydroxylation is 1. The van der Waals surface area contributed by atoms with Crippen molar-refractivity contribution >= 4 is 23.3 Å². The molecule has 3 bridgehead atoms. The number of fused-ring (bicyclic) bond motifs is 2. The number of hydrogen-bond donors (Lipinski definition) is 2. The first kappa shape index (κ1) is 27.1. The van der Waals surface area contributed by atoms with Crippen molar-refractivity contribution in [1.82, 2.24) is 5.32 Å². The number of ether oxygens (including phenoxy) is 1. The lowest BCUT2D eigenvalue weighted by Gasteiger charge is -2.68. The van der Waals surface area contributed by atoms with E-state index in [0.717, 1.165) is 5.57 Å². The predicted molar refractivity (Wildman–Crippen MR) is 149 cm³/mol. The molecule has 6 rings (SSSR count). The van der Waals surface area contributed by atoms with Gasteiger partial charge in [0.15, 0.2) is 17.3 Å². The van der Waals surface area contributed by atoms with Gasteiger partial charge in [-0.2, -0.15) is 0 Å². The first-order valence-corrected chi connectivity index (χ1v) is 14.5. The molecular weight excluding hydrogens is 506 g/mol. The van der Waals surface area contributed by atoms with Gasteiger partial charge in [0.1, 0.15) is 22.5 Å². The van der Waals surface area contributed by atoms with Crippen molar-refractivity contribution in [2.75, 3.05) is 0 Å². The quantitative estimate of drug-likeness (QED) is 0.508. The second-order valence-corrected chi connectivity index (χ2v) is 13.7. The molecular formula is C33H39NO6. The maximum absolute atomic E-state index is 14.8. The van der Waals surface area contributed by atoms with Gasteiger partial charge in [0, 0.05) is 41.2 Å². The molecule has 2 fully saturated rings. The molecule has 2 N–H and O–H groups in total. The molecule has 7 nitrogen and oxygen atoms in total. The average molecular weight is 546 g/mol. The lowest BCUT2D eigenvalue weighted by molar-refractivity contribution is -0.303. The number of carbonyl (C=O) groups excluding carboxylic acids is 4. The molecule has 1 aromatic carbocycles. The zero-order chi connectivity index (χ0) is 29.3. The molecule has 0 radical (unpaired) electrons. The largest absolute Gasteiger partial charge is 0.507 e. The van der Waals surface area contributed by atoms with E-state index in [-0.39, 0.29) is 52.8 Å². The van der Waals surface area contributed by atoms with Gasteiger partial charge in [-0.05, 0) is 63.2 Å². The van der Waals surface area contributed by atoms with Crippen molar-refractivity contribution in [2.24, 2.45) is 35.5 Å². The summed E-state index contributed by atoms with van der Waals surface area (Å²) in [5, 5.41) is 14.3. The summed E-state index contributed by atoms with van der Waals surface area (Å²) in [4.78, 5) is 56.5. The van der Waals surface area contributed by atoms with Crippen LogP contribution in [0.5, 0.6) is 5.75 Å². The molecule has 0 saturated carbocycles. The van der Waals surface area contributed by atoms with Gasteiger partial charge in [-0.3, -0.25) is 19.2 Å². The zero-order valence-corrected chi connectivity index (χ0v) is 24.6. The third-order valence-corrected chi connectivity index (χ3v) is 10.4. The van der Waals surface area contributed by atoms with Crippen LogP contribution in [0.3, 0.4) is 0 Å². The molecule has 0 aromatic heterocycles. The number of aromatic hydroxyl groups is 1. The standard InChI is InChI=1S/C33H39NO6/c1-14(2)9-21-23-19(7)25(35)16(4)10-15(3)11-18(6)27-31(8)29(38)22-24-20(12-17(5)26(22)36)28(37)32(23,34-30(21)39)13-33(24,27)40-31/h10-12,14-15,19,21,23,27,36H,9,13H2,1-8H3,(H,34,39)/b16-10+,18-11-/t15-,19-,21+,23+,27?,31?,32-,33?/m0/s1. The van der Waals surface area contributed by atoms with E-state index in [2.05, 4.69) is 11.4 Å². The maximum atomic E-state index is 14.8. The second-order valence-electron chi connectivity index (χ2n) is 13.7. The summed E-state index contributed by atoms with van der Waals surface area (Å²) in [5.74, 6) is -3.07. The molecule has 5 aliphatic rings. The van der Waals surface area contributed by atoms with E-state index in [4.69, 9.17) is 4.74 Å². The van der Waals surface area contributed by atoms with E-state index in [1.54, 1.807) is 19.9 Å². The van der Waals surface area contributed by atoms with Crippen LogP contribution in [0.25, 0.3) is 0 Å². The van der Waals surface area contributed by atoms with Gasteiger partial charge in [-0.1, -0.05) is 45.4 Å². The van der Waals surface area contributed by atoms with Crippen molar-refractivity contribution in [3.05, 3.63) is 51.6 Å². The fraction of sp³-hybridized carbons (Fsp3) is 0.576. The van der Waals surface area contributed by atoms with Crippen molar-refractivity contribution in [3.63, 3.8) is 0 Å². The van der Waals surface area contributed by atoms with Crippen molar-refractivity contribution in [2.45, 2.75) is 85.0 Å². The Morgan fingerprint density at radius 1 is 1.07 bits per heavy atom. The molecule has 2 aliphatic carbocycles. The normalized spacial score (nSPS) is 42.6. The topological polar surface area (TPSA) is 110 Å². The van der Waals surface area contributed by atoms with Gasteiger partial charge in [-0.15, -0.1) is 0 Å². The molecule has 1 aromatic rings. The van der Waals surface area contributed by atoms with Gasteiger partial charge in [-0.25, -0.2) is 0 Å². The van der Waals surface area contributed by atoms with Crippen LogP contribution in [0.4, 0.5) is 0 Å². The van der Waals surface area contributed by atoms with Crippen LogP contribution in [0, 0.1) is 42.4 Å². The fourth-order valence-electron chi connectivity index (χ4n) is 9.28. The van der Waals surface area contributed by atoms with Gasteiger partial charge >= 0.3 is 0 Å². The number of amides is 1. The molecule has 2 spiro atoms. The third kappa shape index (κ3) is 3.10. The summed E-state index contributed by atoms with van der Waals surface area (Å²) in [7, 11) is 0. The Morgan fingerprint density at radius 2 is 1.75 bits per heavy atom. The van der Waals surface area contributed by atoms with E-state index in [1.165, 1.54) is 0 Å². The van der Waals surface area contributed by atoms with Gasteiger partial charge in [0.05, 0.1) is 5.56 Å². The number of ketones is 3. The number of nitrogens with one attached hydrogen (secondary N) is 1. The van der Waals surface area contributed by atoms with Crippen LogP contribution in [-0.4, -0.2) is 39.5 Å². The Balaban J connectivity index is 1.72. The molecule has 212 valence electrons. The third-order valence-electron chi connectivity index (χ3n) is 10.4. The SMILES string of the molecule is C/C1=C/[C@@H](C)/C=C(\C)C(=O)[C@@H](C)[C@@H]2[C@@H](CC(C)C)C(=O)N[C@@]23CC24OC(C)(C(=O)c5c(O)c(C)cc(c52)C3=O)C14. The maximum Gasteiger partial charge on any atom is 0.224 e. The summed E-state index contributed by atoms with van der Waals surface area (Å²) in [6.45, 7) is 15.2. The average Bonchev–Trinajstić information content (AvgIpc) is 3.10. The Morgan fingerprint density at radius 3 is 2.40 bits per heavy atom. The highest BCUT2D eigenvalue weighted by Crippen LogP contribution is 2.70. The van der Waals surface area contributed by atoms with E-state index in [9.17, 15) is 24.3 Å². The monoisotopic (exact) mass is 545 g/mol. The van der Waals surface area contributed by atoms with Crippen LogP contribution in [0.15, 0.2) is 29.4 Å². The molecule has 3 unspecified atom stereocenters. The number of phenolic OH excluding ortho intramolecular Hbond substituents is 1. The zero-order valence-electron chi connectivity index (χ0n) is 24.6. The predicted octanol–water partition coefficient (Wildman–Crippen LogP) is 4.98. The van der Waals surface area contributed by atoms with Crippen LogP contribution in [-0.2, 0) is 19.9 Å². The Hall–Kier alpha value is -3.06. The highest BCUT2D eigenvalue weighted by molar-refractivity contribution is 6.17. The van der Waals surface area contributed by atoms with E-state index >= 15 is 0 Å². The van der Waals surface area contributed by atoms with Crippen molar-refractivity contribution in [1.29, 1.82) is 0 Å². The number of rotatable bonds is 2. The molecule has 1 amide bonds. The van der Waals surface area contributed by atoms with Crippen LogP contribution in [0.1, 0.15) is 93.2 Å². The van der Waals surface area contributed by atoms with Crippen molar-refractivity contribution < 1.29 is 29.0 Å². The molecule has 8 atom stereocenters. The number of hydrogen-bond acceptors (Lipinski definition) is 6. The first-order chi connectivity index (χ1) is 18.6. The number of benzene rings is 1. The number of phenols is 1. The summed E-state index contributed by atoms with van der Waals surface area (Å²) in [5.41, 5.74) is -0.848. The Labute approximate surface area is 235 Å². The minimum absolute atomic E-state index is 0.0680. The summed E-state index contributed by atoms with van der Waals surface area (Å²) in [6, 6.07) is 1.64. The summed E-state index contributed by atoms with van der Waals surface area (Å²) >= 11 is 0. The molecule has 2 saturated heterocycles. The molecule has 3 aliphatic heterocycles. The second kappa shape index (κ2) is 8.25. The minimum atomic E-state index is -1.38. The van der Waals surface area contributed by atoms with Crippen LogP contribution < -0.4 is 5.32 Å². The van der Waals surface area contributed by atoms with Crippen LogP contribution >= 0.6 is 0 Å². The Kier molecular flexibility index (Phi) is 5.59. The lowest BCUT2D eigenvalue weighted by atomic mass is 9.47. The van der Waals surface area contributed by atoms with Crippen LogP contribution in [0.2, 0.25) is 0 Å². The highest BCUT2D eigenvalue weighted by atomic mass is 16.6. The number of allylic oxidation sites excluding steroid dienone is 3. The summed E-state index contributed by atoms with van der Waals surface area (Å²) < 4.78 is 6.69. The van der Waals surface area contributed by atoms with Gasteiger partial charge < -0.3 is 15.2 Å². The van der Waals surface area contributed by atoms with E-state index in [0.29, 0.717) is 28.7 Å². The highest BCUT2D eigenvalue weighted by Gasteiger charge is 2.78. The van der Waals surface area contributed by atoms with E-state index < -0.39 is 40.4 Å². The number of carbonyl (C=O) groups is 4. The fourth-order valence-corrected chi connectivity index (χ4v) is 9.28.